The van der Waals surface area contributed by atoms with Crippen molar-refractivity contribution in [3.63, 3.8) is 0 Å². The highest BCUT2D eigenvalue weighted by atomic mass is 79.9. The Hall–Kier alpha value is -1.96. The Kier molecular flexibility index (Phi) is 4.78. The van der Waals surface area contributed by atoms with E-state index in [-0.39, 0.29) is 17.0 Å². The fraction of sp³-hybridized carbons (Fsp3) is 0.200. The van der Waals surface area contributed by atoms with Crippen molar-refractivity contribution in [3.05, 3.63) is 32.3 Å². The van der Waals surface area contributed by atoms with Gasteiger partial charge in [-0.25, -0.2) is 0 Å². The summed E-state index contributed by atoms with van der Waals surface area (Å²) in [6, 6.07) is 2.57. The lowest BCUT2D eigenvalue weighted by Gasteiger charge is -2.08. The topological polar surface area (TPSA) is 98.5 Å². The summed E-state index contributed by atoms with van der Waals surface area (Å²) < 4.78 is 5.40. The number of nitro benzene ring substituents is 1. The third-order valence-corrected chi connectivity index (χ3v) is 2.47. The summed E-state index contributed by atoms with van der Waals surface area (Å²) in [5.74, 6) is -0.675. The fourth-order valence-corrected chi connectivity index (χ4v) is 1.65. The molecule has 1 rings (SSSR count). The minimum absolute atomic E-state index is 0.0000203. The number of halogens is 1. The second kappa shape index (κ2) is 6.10. The first kappa shape index (κ1) is 14.1. The van der Waals surface area contributed by atoms with Gasteiger partial charge in [-0.2, -0.15) is 0 Å². The Morgan fingerprint density at radius 2 is 2.28 bits per heavy atom. The average Bonchev–Trinajstić information content (AvgIpc) is 2.35. The number of nitrogens with one attached hydrogen (secondary N) is 1. The monoisotopic (exact) mass is 316 g/mol. The van der Waals surface area contributed by atoms with Crippen molar-refractivity contribution in [2.24, 2.45) is 0 Å². The smallest absolute Gasteiger partial charge is 0.312 e. The molecule has 1 amide bonds. The Balaban J connectivity index is 3.17. The molecule has 0 radical (unpaired) electrons. The molecule has 1 aromatic carbocycles. The molecule has 0 atom stereocenters. The van der Waals surface area contributed by atoms with Crippen LogP contribution >= 0.6 is 15.9 Å². The molecule has 0 heterocycles. The van der Waals surface area contributed by atoms with Crippen molar-refractivity contribution in [2.45, 2.75) is 0 Å². The maximum atomic E-state index is 11.0. The highest BCUT2D eigenvalue weighted by Gasteiger charge is 2.21. The number of carbonyl (C=O) groups excluding carboxylic acids is 2. The largest absolute Gasteiger partial charge is 0.476 e. The van der Waals surface area contributed by atoms with E-state index in [0.29, 0.717) is 10.8 Å². The normalized spacial score (nSPS) is 9.67. The van der Waals surface area contributed by atoms with Crippen LogP contribution in [0.15, 0.2) is 16.6 Å². The summed E-state index contributed by atoms with van der Waals surface area (Å²) >= 11 is 3.05. The molecule has 96 valence electrons. The van der Waals surface area contributed by atoms with Gasteiger partial charge in [0.2, 0.25) is 5.75 Å². The summed E-state index contributed by atoms with van der Waals surface area (Å²) in [6.45, 7) is -0.403. The molecule has 0 fully saturated rings. The third kappa shape index (κ3) is 3.27. The van der Waals surface area contributed by atoms with E-state index in [2.05, 4.69) is 21.2 Å². The van der Waals surface area contributed by atoms with Gasteiger partial charge in [0.15, 0.2) is 12.9 Å². The molecule has 0 aliphatic rings. The number of carbonyl (C=O) groups is 2. The van der Waals surface area contributed by atoms with Gasteiger partial charge in [-0.05, 0) is 6.07 Å². The van der Waals surface area contributed by atoms with Crippen LogP contribution in [-0.2, 0) is 4.79 Å². The lowest BCUT2D eigenvalue weighted by molar-refractivity contribution is -0.385. The number of ether oxygens (including phenoxy) is 1. The van der Waals surface area contributed by atoms with Crippen LogP contribution in [0, 0.1) is 10.1 Å². The van der Waals surface area contributed by atoms with Crippen molar-refractivity contribution in [3.8, 4) is 5.75 Å². The Morgan fingerprint density at radius 3 is 2.78 bits per heavy atom. The van der Waals surface area contributed by atoms with Crippen molar-refractivity contribution in [2.75, 3.05) is 13.7 Å². The number of likely N-dealkylation sites (N-methyl/N-ethyl adjacent to an activating group) is 1. The average molecular weight is 317 g/mol. The van der Waals surface area contributed by atoms with Gasteiger partial charge in [-0.15, -0.1) is 0 Å². The van der Waals surface area contributed by atoms with Gasteiger partial charge in [-0.1, -0.05) is 15.9 Å². The standard InChI is InChI=1S/C10H9BrN2O5/c1-12-9(15)5-18-10-6(4-14)2-7(11)3-8(10)13(16)17/h2-4H,5H2,1H3,(H,12,15). The highest BCUT2D eigenvalue weighted by molar-refractivity contribution is 9.10. The molecular formula is C10H9BrN2O5. The van der Waals surface area contributed by atoms with E-state index in [9.17, 15) is 19.7 Å². The van der Waals surface area contributed by atoms with Crippen LogP contribution in [0.25, 0.3) is 0 Å². The van der Waals surface area contributed by atoms with E-state index >= 15 is 0 Å². The number of rotatable bonds is 5. The minimum Gasteiger partial charge on any atom is -0.476 e. The van der Waals surface area contributed by atoms with E-state index in [4.69, 9.17) is 4.74 Å². The number of nitrogens with zero attached hydrogens (tertiary/aromatic N) is 1. The second-order valence-electron chi connectivity index (χ2n) is 3.18. The molecule has 0 aliphatic heterocycles. The Bertz CT molecular complexity index is 503. The second-order valence-corrected chi connectivity index (χ2v) is 4.10. The van der Waals surface area contributed by atoms with E-state index < -0.39 is 17.4 Å². The van der Waals surface area contributed by atoms with Crippen LogP contribution in [0.2, 0.25) is 0 Å². The van der Waals surface area contributed by atoms with Gasteiger partial charge in [-0.3, -0.25) is 19.7 Å². The fourth-order valence-electron chi connectivity index (χ4n) is 1.19. The van der Waals surface area contributed by atoms with Gasteiger partial charge in [0.25, 0.3) is 5.91 Å². The van der Waals surface area contributed by atoms with Crippen LogP contribution in [-0.4, -0.2) is 30.8 Å². The van der Waals surface area contributed by atoms with Crippen molar-refractivity contribution < 1.29 is 19.2 Å². The van der Waals surface area contributed by atoms with Crippen LogP contribution < -0.4 is 10.1 Å². The zero-order valence-corrected chi connectivity index (χ0v) is 10.9. The molecule has 1 N–H and O–H groups in total. The molecule has 18 heavy (non-hydrogen) atoms. The summed E-state index contributed by atoms with van der Waals surface area (Å²) in [5.41, 5.74) is -0.379. The molecule has 0 aliphatic carbocycles. The van der Waals surface area contributed by atoms with Crippen LogP contribution in [0.4, 0.5) is 5.69 Å². The van der Waals surface area contributed by atoms with Crippen LogP contribution in [0.3, 0.4) is 0 Å². The molecular weight excluding hydrogens is 308 g/mol. The number of hydrogen-bond acceptors (Lipinski definition) is 5. The summed E-state index contributed by atoms with van der Waals surface area (Å²) in [6.07, 6.45) is 0.428. The molecule has 0 bridgehead atoms. The number of hydrogen-bond donors (Lipinski definition) is 1. The summed E-state index contributed by atoms with van der Waals surface area (Å²) in [5, 5.41) is 13.1. The summed E-state index contributed by atoms with van der Waals surface area (Å²) in [7, 11) is 1.41. The van der Waals surface area contributed by atoms with E-state index in [0.717, 1.165) is 0 Å². The van der Waals surface area contributed by atoms with Gasteiger partial charge >= 0.3 is 5.69 Å². The van der Waals surface area contributed by atoms with E-state index in [1.165, 1.54) is 19.2 Å². The lowest BCUT2D eigenvalue weighted by Crippen LogP contribution is -2.25. The van der Waals surface area contributed by atoms with Crippen LogP contribution in [0.5, 0.6) is 5.75 Å². The first-order valence-corrected chi connectivity index (χ1v) is 5.55. The molecule has 0 spiro atoms. The molecule has 0 aromatic heterocycles. The molecule has 0 saturated carbocycles. The maximum absolute atomic E-state index is 11.0. The lowest BCUT2D eigenvalue weighted by atomic mass is 10.2. The molecule has 7 nitrogen and oxygen atoms in total. The number of aldehydes is 1. The SMILES string of the molecule is CNC(=O)COc1c(C=O)cc(Br)cc1[N+](=O)[O-]. The Morgan fingerprint density at radius 1 is 1.61 bits per heavy atom. The molecule has 0 saturated heterocycles. The summed E-state index contributed by atoms with van der Waals surface area (Å²) in [4.78, 5) is 32.0. The quantitative estimate of drug-likeness (QED) is 0.501. The zero-order valence-electron chi connectivity index (χ0n) is 9.31. The molecule has 8 heteroatoms. The number of benzene rings is 1. The highest BCUT2D eigenvalue weighted by Crippen LogP contribution is 2.33. The molecule has 1 aromatic rings. The van der Waals surface area contributed by atoms with E-state index in [1.54, 1.807) is 0 Å². The zero-order chi connectivity index (χ0) is 13.7. The van der Waals surface area contributed by atoms with Gasteiger partial charge in [0.1, 0.15) is 0 Å². The first-order chi connectivity index (χ1) is 8.49. The first-order valence-electron chi connectivity index (χ1n) is 4.76. The predicted octanol–water partition coefficient (Wildman–Crippen LogP) is 1.29. The molecule has 0 unspecified atom stereocenters. The van der Waals surface area contributed by atoms with E-state index in [1.807, 2.05) is 0 Å². The Labute approximate surface area is 110 Å². The maximum Gasteiger partial charge on any atom is 0.312 e. The van der Waals surface area contributed by atoms with Gasteiger partial charge < -0.3 is 10.1 Å². The number of nitro groups is 1. The minimum atomic E-state index is -0.684. The van der Waals surface area contributed by atoms with Crippen LogP contribution in [0.1, 0.15) is 10.4 Å². The third-order valence-electron chi connectivity index (χ3n) is 2.01. The van der Waals surface area contributed by atoms with Crippen molar-refractivity contribution in [1.29, 1.82) is 0 Å². The van der Waals surface area contributed by atoms with Gasteiger partial charge in [0, 0.05) is 17.6 Å². The van der Waals surface area contributed by atoms with Crippen molar-refractivity contribution in [1.82, 2.24) is 5.32 Å². The number of amides is 1. The van der Waals surface area contributed by atoms with Gasteiger partial charge in [0.05, 0.1) is 10.5 Å². The van der Waals surface area contributed by atoms with Crippen molar-refractivity contribution >= 4 is 33.8 Å². The predicted molar refractivity (Wildman–Crippen MR) is 65.7 cm³/mol.